The minimum atomic E-state index is -2.71. The highest BCUT2D eigenvalue weighted by atomic mass is 31.1. The molecule has 0 amide bonds. The molecule has 0 saturated carbocycles. The van der Waals surface area contributed by atoms with E-state index in [0.717, 1.165) is 57.1 Å². The van der Waals surface area contributed by atoms with Gasteiger partial charge in [-0.1, -0.05) is 261 Å². The quantitative estimate of drug-likeness (QED) is 0.0587. The predicted octanol–water partition coefficient (Wildman–Crippen LogP) is 22.5. The van der Waals surface area contributed by atoms with E-state index in [0.29, 0.717) is 33.2 Å². The molecule has 574 valence electrons. The summed E-state index contributed by atoms with van der Waals surface area (Å²) >= 11 is 0. The second-order valence-electron chi connectivity index (χ2n) is 40.5. The second kappa shape index (κ2) is 29.4. The van der Waals surface area contributed by atoms with Crippen molar-refractivity contribution in [2.75, 3.05) is 42.0 Å². The molecule has 0 atom stereocenters. The predicted molar refractivity (Wildman–Crippen MR) is 459 cm³/mol. The minimum absolute atomic E-state index is 0.0712. The van der Waals surface area contributed by atoms with E-state index in [-0.39, 0.29) is 56.9 Å². The van der Waals surface area contributed by atoms with E-state index in [4.69, 9.17) is 37.9 Å². The SMILES string of the molecule is COc1c(C(C)(C)C)cc(P(c2cc(C(C)(C)C)c(OC)c(C(C)(C)C)c2)c2cc([Si](C(C)C)(C(C)C)C(C)C)c3c(c2-c2c(P(c4cc(C(C)(C)C)c(OC)c(C(C)(C)C)c4)c4cc(C(C)(C)C)c(OC)c(C(C)(C)C)c4)cc([Si](C(C)C)(C(C)C)C(C)C)c4c2OCO4)OCO3)cc1C(C)(C)C. The van der Waals surface area contributed by atoms with Crippen LogP contribution < -0.4 is 80.1 Å². The van der Waals surface area contributed by atoms with Gasteiger partial charge in [0.15, 0.2) is 23.0 Å². The lowest BCUT2D eigenvalue weighted by molar-refractivity contribution is 0.173. The lowest BCUT2D eigenvalue weighted by Crippen LogP contribution is -2.57. The third-order valence-electron chi connectivity index (χ3n) is 23.2. The monoisotopic (exact) mass is 1490 g/mol. The van der Waals surface area contributed by atoms with Crippen molar-refractivity contribution in [2.24, 2.45) is 0 Å². The van der Waals surface area contributed by atoms with Crippen molar-refractivity contribution in [3.63, 3.8) is 0 Å². The summed E-state index contributed by atoms with van der Waals surface area (Å²) in [7, 11) is -1.25. The Morgan fingerprint density at radius 1 is 0.269 bits per heavy atom. The molecule has 0 saturated heterocycles. The highest BCUT2D eigenvalue weighted by molar-refractivity contribution is 7.81. The van der Waals surface area contributed by atoms with Gasteiger partial charge in [-0.3, -0.25) is 0 Å². The Morgan fingerprint density at radius 3 is 0.577 bits per heavy atom. The highest BCUT2D eigenvalue weighted by Crippen LogP contribution is 2.59. The molecule has 0 aromatic heterocycles. The van der Waals surface area contributed by atoms with Gasteiger partial charge in [0.05, 0.1) is 44.6 Å². The topological polar surface area (TPSA) is 73.8 Å². The first kappa shape index (κ1) is 84.6. The maximum absolute atomic E-state index is 7.70. The van der Waals surface area contributed by atoms with Gasteiger partial charge in [0.25, 0.3) is 0 Å². The number of methoxy groups -OCH3 is 4. The molecular formula is C92H140O8P2Si2. The zero-order valence-electron chi connectivity index (χ0n) is 72.8. The Bertz CT molecular complexity index is 3530. The fraction of sp³-hybridized carbons (Fsp3) is 0.609. The Kier molecular flexibility index (Phi) is 24.0. The molecule has 0 N–H and O–H groups in total. The lowest BCUT2D eigenvalue weighted by Gasteiger charge is -2.45. The van der Waals surface area contributed by atoms with Crippen molar-refractivity contribution >= 4 is 74.2 Å². The molecule has 8 nitrogen and oxygen atoms in total. The van der Waals surface area contributed by atoms with Crippen LogP contribution in [0.4, 0.5) is 0 Å². The summed E-state index contributed by atoms with van der Waals surface area (Å²) in [5.74, 6) is 7.06. The van der Waals surface area contributed by atoms with Gasteiger partial charge in [0.1, 0.15) is 23.0 Å². The maximum atomic E-state index is 7.70. The van der Waals surface area contributed by atoms with Crippen molar-refractivity contribution in [1.29, 1.82) is 0 Å². The molecule has 6 aromatic rings. The summed E-state index contributed by atoms with van der Waals surface area (Å²) in [5, 5.41) is 9.98. The third-order valence-corrected chi connectivity index (χ3v) is 42.1. The van der Waals surface area contributed by atoms with E-state index in [9.17, 15) is 0 Å². The van der Waals surface area contributed by atoms with Crippen molar-refractivity contribution in [2.45, 2.75) is 326 Å². The van der Waals surface area contributed by atoms with Crippen LogP contribution in [0, 0.1) is 0 Å². The number of benzene rings is 6. The van der Waals surface area contributed by atoms with Gasteiger partial charge in [-0.2, -0.15) is 0 Å². The molecule has 0 unspecified atom stereocenters. The zero-order valence-corrected chi connectivity index (χ0v) is 76.6. The molecule has 12 heteroatoms. The van der Waals surface area contributed by atoms with Crippen molar-refractivity contribution < 1.29 is 37.9 Å². The van der Waals surface area contributed by atoms with Gasteiger partial charge >= 0.3 is 0 Å². The van der Waals surface area contributed by atoms with E-state index in [1.54, 1.807) is 0 Å². The number of hydrogen-bond acceptors (Lipinski definition) is 8. The smallest absolute Gasteiger partial charge is 0.231 e. The number of rotatable bonds is 19. The summed E-state index contributed by atoms with van der Waals surface area (Å²) < 4.78 is 57.3. The molecule has 0 spiro atoms. The normalized spacial score (nSPS) is 14.5. The summed E-state index contributed by atoms with van der Waals surface area (Å²) in [4.78, 5) is 0. The van der Waals surface area contributed by atoms with Crippen LogP contribution in [0.2, 0.25) is 33.2 Å². The van der Waals surface area contributed by atoms with E-state index in [1.165, 1.54) is 86.7 Å². The number of fused-ring (bicyclic) bond motifs is 2. The van der Waals surface area contributed by atoms with Crippen LogP contribution in [0.1, 0.15) is 294 Å². The molecule has 0 fully saturated rings. The molecule has 2 aliphatic rings. The maximum Gasteiger partial charge on any atom is 0.231 e. The van der Waals surface area contributed by atoms with Crippen molar-refractivity contribution in [1.82, 2.24) is 0 Å². The standard InChI is InChI=1S/C92H140O8P2Si2/c1-53(2)103(54(3)4,55(5)6)73-49-71(101(59-41-63(85(13,14)15)77(93-37)64(42-59)86(16,17)18)60-43-65(87(19,20)21)78(94-38)66(44-60)88(22,23)24)75(83-81(73)97-51-99-83)76-72(50-74(82-84(76)100-52-98-82)104(56(7)8,57(9)10)58(11)12)102(61-45-67(89(25,26)27)79(95-39)68(46-61)90(28,29)30)62-47-69(91(31,32)33)80(96-40)70(48-62)92(34,35)36/h41-50,53-58H,51-52H2,1-40H3. The van der Waals surface area contributed by atoms with E-state index >= 15 is 0 Å². The van der Waals surface area contributed by atoms with E-state index in [2.05, 4.69) is 310 Å². The van der Waals surface area contributed by atoms with Gasteiger partial charge in [0, 0.05) is 55.6 Å². The van der Waals surface area contributed by atoms with Crippen LogP contribution in [0.5, 0.6) is 46.0 Å². The molecule has 2 aliphatic heterocycles. The van der Waals surface area contributed by atoms with Crippen LogP contribution in [0.15, 0.2) is 60.7 Å². The van der Waals surface area contributed by atoms with Crippen LogP contribution in [0.3, 0.4) is 0 Å². The van der Waals surface area contributed by atoms with Crippen LogP contribution in [-0.2, 0) is 43.3 Å². The molecule has 0 radical (unpaired) electrons. The summed E-state index contributed by atoms with van der Waals surface area (Å²) in [6, 6.07) is 25.8. The van der Waals surface area contributed by atoms with Crippen molar-refractivity contribution in [3.05, 3.63) is 105 Å². The van der Waals surface area contributed by atoms with E-state index in [1.807, 2.05) is 28.4 Å². The highest BCUT2D eigenvalue weighted by Gasteiger charge is 2.53. The molecule has 104 heavy (non-hydrogen) atoms. The molecular weight excluding hydrogens is 1350 g/mol. The Labute approximate surface area is 638 Å². The van der Waals surface area contributed by atoms with Gasteiger partial charge in [0.2, 0.25) is 13.6 Å². The first-order valence-corrected chi connectivity index (χ1v) is 46.1. The Hall–Kier alpha value is -4.99. The average molecular weight is 1490 g/mol. The molecule has 6 aromatic carbocycles. The fourth-order valence-corrected chi connectivity index (χ4v) is 37.7. The summed E-state index contributed by atoms with van der Waals surface area (Å²) in [6.45, 7) is 86.4. The zero-order chi connectivity index (χ0) is 78.8. The average Bonchev–Trinajstić information content (AvgIpc) is 1.30. The van der Waals surface area contributed by atoms with Gasteiger partial charge in [-0.15, -0.1) is 0 Å². The van der Waals surface area contributed by atoms with Crippen molar-refractivity contribution in [3.8, 4) is 57.1 Å². The minimum Gasteiger partial charge on any atom is -0.496 e. The summed E-state index contributed by atoms with van der Waals surface area (Å²) in [5.41, 5.74) is 10.7. The summed E-state index contributed by atoms with van der Waals surface area (Å²) in [6.07, 6.45) is 0. The third kappa shape index (κ3) is 15.1. The Morgan fingerprint density at radius 2 is 0.433 bits per heavy atom. The largest absolute Gasteiger partial charge is 0.496 e. The van der Waals surface area contributed by atoms with Crippen LogP contribution >= 0.6 is 15.8 Å². The Balaban J connectivity index is 1.91. The first-order chi connectivity index (χ1) is 47.5. The van der Waals surface area contributed by atoms with Gasteiger partial charge in [-0.05, 0) is 183 Å². The molecule has 8 rings (SSSR count). The number of ether oxygens (including phenoxy) is 8. The van der Waals surface area contributed by atoms with Gasteiger partial charge in [-0.25, -0.2) is 0 Å². The van der Waals surface area contributed by atoms with Crippen LogP contribution in [0.25, 0.3) is 11.1 Å². The molecule has 0 bridgehead atoms. The molecule has 2 heterocycles. The number of hydrogen-bond donors (Lipinski definition) is 0. The van der Waals surface area contributed by atoms with Gasteiger partial charge < -0.3 is 37.9 Å². The first-order valence-electron chi connectivity index (χ1n) is 38.9. The van der Waals surface area contributed by atoms with Crippen LogP contribution in [-0.4, -0.2) is 58.2 Å². The molecule has 0 aliphatic carbocycles. The fourth-order valence-electron chi connectivity index (χ4n) is 18.6. The van der Waals surface area contributed by atoms with E-state index < -0.39 is 32.0 Å². The lowest BCUT2D eigenvalue weighted by atomic mass is 9.79. The second-order valence-corrected chi connectivity index (χ2v) is 56.6.